The maximum absolute atomic E-state index is 15.0. The Morgan fingerprint density at radius 1 is 1.25 bits per heavy atom. The van der Waals surface area contributed by atoms with Crippen LogP contribution in [0.3, 0.4) is 0 Å². The summed E-state index contributed by atoms with van der Waals surface area (Å²) >= 11 is 6.05. The molecule has 1 aliphatic heterocycles. The Morgan fingerprint density at radius 2 is 1.97 bits per heavy atom. The summed E-state index contributed by atoms with van der Waals surface area (Å²) in [4.78, 5) is 35.2. The van der Waals surface area contributed by atoms with Gasteiger partial charge < -0.3 is 10.2 Å². The van der Waals surface area contributed by atoms with E-state index in [1.54, 1.807) is 6.92 Å². The number of benzene rings is 2. The fourth-order valence-electron chi connectivity index (χ4n) is 3.60. The van der Waals surface area contributed by atoms with Crippen LogP contribution in [-0.4, -0.2) is 28.3 Å². The van der Waals surface area contributed by atoms with Gasteiger partial charge in [0.25, 0.3) is 6.43 Å². The van der Waals surface area contributed by atoms with E-state index in [0.29, 0.717) is 11.3 Å². The van der Waals surface area contributed by atoms with E-state index in [2.05, 4.69) is 15.3 Å². The number of carbonyl (C=O) groups is 2. The lowest BCUT2D eigenvalue weighted by Gasteiger charge is -2.24. The van der Waals surface area contributed by atoms with Crippen LogP contribution >= 0.6 is 11.6 Å². The number of hydrogen-bond acceptors (Lipinski definition) is 4. The van der Waals surface area contributed by atoms with E-state index in [9.17, 15) is 22.8 Å². The van der Waals surface area contributed by atoms with Gasteiger partial charge in [0.2, 0.25) is 11.8 Å². The molecular weight excluding hydrogens is 445 g/mol. The third kappa shape index (κ3) is 4.03. The highest BCUT2D eigenvalue weighted by Crippen LogP contribution is 2.42. The van der Waals surface area contributed by atoms with Crippen LogP contribution in [0.4, 0.5) is 24.5 Å². The average molecular weight is 461 g/mol. The van der Waals surface area contributed by atoms with Crippen molar-refractivity contribution in [1.29, 1.82) is 0 Å². The number of amides is 2. The fraction of sp³-hybridized carbons (Fsp3) is 0.182. The van der Waals surface area contributed by atoms with Crippen molar-refractivity contribution < 1.29 is 22.8 Å². The van der Waals surface area contributed by atoms with E-state index in [4.69, 9.17) is 11.6 Å². The molecule has 164 valence electrons. The largest absolute Gasteiger partial charge is 0.325 e. The molecule has 2 amide bonds. The molecule has 0 saturated carbocycles. The number of fused-ring (bicyclic) bond motifs is 3. The summed E-state index contributed by atoms with van der Waals surface area (Å²) < 4.78 is 40.4. The Kier molecular flexibility index (Phi) is 5.84. The smallest absolute Gasteiger partial charge is 0.263 e. The van der Waals surface area contributed by atoms with Gasteiger partial charge in [0.05, 0.1) is 17.3 Å². The lowest BCUT2D eigenvalue weighted by Crippen LogP contribution is -2.40. The first kappa shape index (κ1) is 21.8. The number of nitrogens with one attached hydrogen (secondary N) is 1. The third-order valence-corrected chi connectivity index (χ3v) is 5.35. The Labute approximate surface area is 186 Å². The lowest BCUT2D eigenvalue weighted by molar-refractivity contribution is -0.122. The van der Waals surface area contributed by atoms with Crippen LogP contribution in [0.2, 0.25) is 5.02 Å². The van der Waals surface area contributed by atoms with Crippen molar-refractivity contribution >= 4 is 34.8 Å². The molecule has 2 heterocycles. The summed E-state index contributed by atoms with van der Waals surface area (Å²) in [5.74, 6) is -2.54. The van der Waals surface area contributed by atoms with E-state index in [1.165, 1.54) is 42.9 Å². The molecule has 0 saturated heterocycles. The molecule has 32 heavy (non-hydrogen) atoms. The van der Waals surface area contributed by atoms with Gasteiger partial charge in [-0.1, -0.05) is 23.7 Å². The molecule has 10 heteroatoms. The first-order valence-corrected chi connectivity index (χ1v) is 9.92. The van der Waals surface area contributed by atoms with E-state index >= 15 is 0 Å². The molecule has 0 aliphatic carbocycles. The molecule has 6 nitrogen and oxygen atoms in total. The number of aromatic nitrogens is 2. The molecule has 3 aromatic rings. The topological polar surface area (TPSA) is 75.2 Å². The predicted molar refractivity (Wildman–Crippen MR) is 113 cm³/mol. The highest BCUT2D eigenvalue weighted by Gasteiger charge is 2.35. The number of rotatable bonds is 4. The summed E-state index contributed by atoms with van der Waals surface area (Å²) in [6.45, 7) is 1.15. The number of halogens is 4. The monoisotopic (exact) mass is 460 g/mol. The molecule has 0 spiro atoms. The van der Waals surface area contributed by atoms with Crippen LogP contribution in [0.15, 0.2) is 48.9 Å². The van der Waals surface area contributed by atoms with Crippen molar-refractivity contribution in [2.45, 2.75) is 19.3 Å². The van der Waals surface area contributed by atoms with Crippen molar-refractivity contribution in [3.05, 3.63) is 71.0 Å². The molecule has 1 atom stereocenters. The Bertz CT molecular complexity index is 1200. The average Bonchev–Trinajstić information content (AvgIpc) is 2.84. The van der Waals surface area contributed by atoms with E-state index in [1.807, 2.05) is 0 Å². The van der Waals surface area contributed by atoms with Crippen molar-refractivity contribution in [3.8, 4) is 11.1 Å². The predicted octanol–water partition coefficient (Wildman–Crippen LogP) is 4.96. The molecule has 2 aromatic carbocycles. The minimum atomic E-state index is -2.63. The summed E-state index contributed by atoms with van der Waals surface area (Å²) in [6, 6.07) is 7.57. The van der Waals surface area contributed by atoms with E-state index in [-0.39, 0.29) is 27.5 Å². The minimum Gasteiger partial charge on any atom is -0.325 e. The highest BCUT2D eigenvalue weighted by atomic mass is 35.5. The van der Waals surface area contributed by atoms with Crippen LogP contribution < -0.4 is 10.2 Å². The van der Waals surface area contributed by atoms with Crippen LogP contribution in [0, 0.1) is 5.82 Å². The van der Waals surface area contributed by atoms with Crippen LogP contribution in [-0.2, 0) is 9.59 Å². The Morgan fingerprint density at radius 3 is 2.66 bits per heavy atom. The molecule has 0 fully saturated rings. The van der Waals surface area contributed by atoms with Gasteiger partial charge in [-0.25, -0.2) is 23.1 Å². The normalized spacial score (nSPS) is 15.2. The number of hydrogen-bond donors (Lipinski definition) is 1. The van der Waals surface area contributed by atoms with Crippen molar-refractivity contribution in [3.63, 3.8) is 0 Å². The minimum absolute atomic E-state index is 0.0509. The van der Waals surface area contributed by atoms with Gasteiger partial charge in [-0.2, -0.15) is 0 Å². The van der Waals surface area contributed by atoms with E-state index < -0.39 is 36.5 Å². The second kappa shape index (κ2) is 8.58. The molecule has 0 radical (unpaired) electrons. The Hall–Kier alpha value is -3.46. The van der Waals surface area contributed by atoms with Gasteiger partial charge in [0, 0.05) is 33.6 Å². The van der Waals surface area contributed by atoms with Crippen molar-refractivity contribution in [1.82, 2.24) is 9.97 Å². The van der Waals surface area contributed by atoms with Gasteiger partial charge >= 0.3 is 0 Å². The van der Waals surface area contributed by atoms with E-state index in [0.717, 1.165) is 11.0 Å². The van der Waals surface area contributed by atoms with Crippen LogP contribution in [0.25, 0.3) is 11.1 Å². The summed E-state index contributed by atoms with van der Waals surface area (Å²) in [5.41, 5.74) is 0.945. The maximum Gasteiger partial charge on any atom is 0.263 e. The van der Waals surface area contributed by atoms with Gasteiger partial charge in [0.15, 0.2) is 0 Å². The maximum atomic E-state index is 15.0. The van der Waals surface area contributed by atoms with Crippen molar-refractivity contribution in [2.24, 2.45) is 0 Å². The number of anilines is 2. The second-order valence-corrected chi connectivity index (χ2v) is 7.66. The fourth-order valence-corrected chi connectivity index (χ4v) is 3.80. The first-order valence-electron chi connectivity index (χ1n) is 9.55. The molecule has 0 bridgehead atoms. The van der Waals surface area contributed by atoms with Crippen LogP contribution in [0.5, 0.6) is 0 Å². The molecule has 4 rings (SSSR count). The molecule has 1 N–H and O–H groups in total. The lowest BCUT2D eigenvalue weighted by atomic mass is 9.98. The highest BCUT2D eigenvalue weighted by molar-refractivity contribution is 6.31. The third-order valence-electron chi connectivity index (χ3n) is 5.13. The van der Waals surface area contributed by atoms with Gasteiger partial charge in [-0.3, -0.25) is 9.59 Å². The summed E-state index contributed by atoms with van der Waals surface area (Å²) in [6.07, 6.45) is 0.0503. The summed E-state index contributed by atoms with van der Waals surface area (Å²) in [5, 5.41) is 2.61. The summed E-state index contributed by atoms with van der Waals surface area (Å²) in [7, 11) is 0. The number of carbonyl (C=O) groups excluding carboxylic acids is 2. The quantitative estimate of drug-likeness (QED) is 0.597. The molecule has 0 unspecified atom stereocenters. The SMILES string of the molecule is C[C@@H]1C(=O)N(CC(=O)Nc2ccc(C(F)F)cc2)c2cc(Cl)cc(F)c2-c2cncnc21. The Balaban J connectivity index is 1.69. The van der Waals surface area contributed by atoms with Gasteiger partial charge in [0.1, 0.15) is 18.7 Å². The molecular formula is C22H16ClF3N4O2. The van der Waals surface area contributed by atoms with Gasteiger partial charge in [-0.05, 0) is 31.2 Å². The number of nitrogens with zero attached hydrogens (tertiary/aromatic N) is 3. The second-order valence-electron chi connectivity index (χ2n) is 7.22. The zero-order valence-corrected chi connectivity index (χ0v) is 17.4. The van der Waals surface area contributed by atoms with Gasteiger partial charge in [-0.15, -0.1) is 0 Å². The first-order chi connectivity index (χ1) is 15.3. The molecule has 1 aromatic heterocycles. The zero-order chi connectivity index (χ0) is 23.0. The zero-order valence-electron chi connectivity index (χ0n) is 16.7. The number of alkyl halides is 2. The van der Waals surface area contributed by atoms with Crippen LogP contribution in [0.1, 0.15) is 30.5 Å². The standard InChI is InChI=1S/C22H16ClF3N4O2/c1-11-20-15(8-27-10-28-20)19-16(24)6-13(23)7-17(19)30(22(11)32)9-18(31)29-14-4-2-12(3-5-14)21(25)26/h2-8,10-11,21H,9H2,1H3,(H,29,31)/t11-/m0/s1. The molecule has 1 aliphatic rings. The van der Waals surface area contributed by atoms with Crippen molar-refractivity contribution in [2.75, 3.05) is 16.8 Å².